The summed E-state index contributed by atoms with van der Waals surface area (Å²) in [6.45, 7) is 0. The van der Waals surface area contributed by atoms with Gasteiger partial charge in [-0.2, -0.15) is 13.2 Å². The minimum absolute atomic E-state index is 0.0391. The number of sulfonamides is 1. The van der Waals surface area contributed by atoms with Crippen LogP contribution in [0.15, 0.2) is 12.1 Å². The largest absolute Gasteiger partial charge is 0.435 e. The molecule has 2 rings (SSSR count). The number of nitrogens with one attached hydrogen (secondary N) is 1. The highest BCUT2D eigenvalue weighted by atomic mass is 32.2. The Kier molecular flexibility index (Phi) is 4.38. The van der Waals surface area contributed by atoms with Crippen LogP contribution in [0.2, 0.25) is 0 Å². The first-order chi connectivity index (χ1) is 9.63. The van der Waals surface area contributed by atoms with Gasteiger partial charge in [0.1, 0.15) is 5.82 Å². The molecule has 3 N–H and O–H groups in total. The molecule has 2 atom stereocenters. The number of hydrogen-bond donors (Lipinski definition) is 2. The highest BCUT2D eigenvalue weighted by molar-refractivity contribution is 7.89. The Bertz CT molecular complexity index is 588. The van der Waals surface area contributed by atoms with Crippen LogP contribution in [0.3, 0.4) is 0 Å². The zero-order chi connectivity index (χ0) is 15.7. The summed E-state index contributed by atoms with van der Waals surface area (Å²) in [4.78, 5) is 0. The molecule has 10 heteroatoms. The van der Waals surface area contributed by atoms with Crippen LogP contribution in [0.25, 0.3) is 0 Å². The number of anilines is 1. The van der Waals surface area contributed by atoms with Crippen LogP contribution in [0.4, 0.5) is 19.0 Å². The summed E-state index contributed by atoms with van der Waals surface area (Å²) in [5.41, 5.74) is -1.05. The molecular weight excluding hydrogens is 309 g/mol. The number of hydrogen-bond acceptors (Lipinski definition) is 5. The zero-order valence-electron chi connectivity index (χ0n) is 11.0. The molecule has 6 nitrogen and oxygen atoms in total. The number of nitrogens with two attached hydrogens (primary N) is 1. The highest BCUT2D eigenvalue weighted by Crippen LogP contribution is 2.30. The minimum atomic E-state index is -4.51. The van der Waals surface area contributed by atoms with E-state index in [0.717, 1.165) is 6.07 Å². The van der Waals surface area contributed by atoms with Gasteiger partial charge in [-0.1, -0.05) is 0 Å². The van der Waals surface area contributed by atoms with Crippen LogP contribution in [-0.2, 0) is 16.2 Å². The Morgan fingerprint density at radius 2 is 2.00 bits per heavy atom. The molecule has 1 aliphatic rings. The summed E-state index contributed by atoms with van der Waals surface area (Å²) in [6, 6.07) is 2.03. The lowest BCUT2D eigenvalue weighted by Crippen LogP contribution is -2.23. The molecule has 0 amide bonds. The summed E-state index contributed by atoms with van der Waals surface area (Å²) < 4.78 is 59.0. The third kappa shape index (κ3) is 4.81. The zero-order valence-corrected chi connectivity index (χ0v) is 11.8. The molecule has 1 saturated carbocycles. The third-order valence-electron chi connectivity index (χ3n) is 3.32. The van der Waals surface area contributed by atoms with Crippen LogP contribution in [0.1, 0.15) is 25.0 Å². The SMILES string of the molecule is NS(=O)(=O)C[C@@H]1CC[C@H](Nc2ccc(C(F)(F)F)nn2)C1. The van der Waals surface area contributed by atoms with Gasteiger partial charge in [-0.3, -0.25) is 0 Å². The second-order valence-corrected chi connectivity index (χ2v) is 6.81. The molecule has 0 radical (unpaired) electrons. The van der Waals surface area contributed by atoms with Crippen LogP contribution >= 0.6 is 0 Å². The number of primary sulfonamides is 1. The molecule has 1 fully saturated rings. The topological polar surface area (TPSA) is 98.0 Å². The Labute approximate surface area is 120 Å². The molecule has 21 heavy (non-hydrogen) atoms. The summed E-state index contributed by atoms with van der Waals surface area (Å²) >= 11 is 0. The average molecular weight is 324 g/mol. The van der Waals surface area contributed by atoms with Crippen molar-refractivity contribution >= 4 is 15.8 Å². The van der Waals surface area contributed by atoms with Crippen molar-refractivity contribution in [2.45, 2.75) is 31.5 Å². The van der Waals surface area contributed by atoms with Gasteiger partial charge in [-0.25, -0.2) is 13.6 Å². The van der Waals surface area contributed by atoms with E-state index in [1.165, 1.54) is 6.07 Å². The van der Waals surface area contributed by atoms with Crippen molar-refractivity contribution in [3.63, 3.8) is 0 Å². The van der Waals surface area contributed by atoms with Gasteiger partial charge in [0, 0.05) is 6.04 Å². The second-order valence-electron chi connectivity index (χ2n) is 5.15. The lowest BCUT2D eigenvalue weighted by Gasteiger charge is -2.13. The first-order valence-electron chi connectivity index (χ1n) is 6.31. The molecule has 0 saturated heterocycles. The fraction of sp³-hybridized carbons (Fsp3) is 0.636. The second kappa shape index (κ2) is 5.76. The van der Waals surface area contributed by atoms with Gasteiger partial charge in [0.25, 0.3) is 0 Å². The first kappa shape index (κ1) is 16.0. The van der Waals surface area contributed by atoms with E-state index < -0.39 is 21.9 Å². The lowest BCUT2D eigenvalue weighted by molar-refractivity contribution is -0.141. The van der Waals surface area contributed by atoms with Crippen molar-refractivity contribution in [3.8, 4) is 0 Å². The van der Waals surface area contributed by atoms with Gasteiger partial charge >= 0.3 is 6.18 Å². The Morgan fingerprint density at radius 1 is 1.29 bits per heavy atom. The smallest absolute Gasteiger partial charge is 0.366 e. The van der Waals surface area contributed by atoms with Crippen LogP contribution in [-0.4, -0.2) is 30.4 Å². The average Bonchev–Trinajstić information content (AvgIpc) is 2.73. The lowest BCUT2D eigenvalue weighted by atomic mass is 10.1. The van der Waals surface area contributed by atoms with Gasteiger partial charge in [0.2, 0.25) is 10.0 Å². The van der Waals surface area contributed by atoms with Crippen molar-refractivity contribution < 1.29 is 21.6 Å². The molecule has 1 aliphatic carbocycles. The summed E-state index contributed by atoms with van der Waals surface area (Å²) in [7, 11) is -3.51. The van der Waals surface area contributed by atoms with Crippen LogP contribution in [0.5, 0.6) is 0 Å². The quantitative estimate of drug-likeness (QED) is 0.871. The molecule has 0 aliphatic heterocycles. The number of rotatable bonds is 4. The number of aromatic nitrogens is 2. The van der Waals surface area contributed by atoms with Gasteiger partial charge in [-0.15, -0.1) is 10.2 Å². The Hall–Kier alpha value is -1.42. The van der Waals surface area contributed by atoms with Crippen LogP contribution < -0.4 is 10.5 Å². The predicted molar refractivity (Wildman–Crippen MR) is 69.8 cm³/mol. The van der Waals surface area contributed by atoms with Gasteiger partial charge in [-0.05, 0) is 37.3 Å². The van der Waals surface area contributed by atoms with E-state index in [4.69, 9.17) is 5.14 Å². The normalized spacial score (nSPS) is 23.2. The molecule has 0 aromatic carbocycles. The van der Waals surface area contributed by atoms with Crippen molar-refractivity contribution in [2.75, 3.05) is 11.1 Å². The third-order valence-corrected chi connectivity index (χ3v) is 4.25. The van der Waals surface area contributed by atoms with E-state index in [0.29, 0.717) is 19.3 Å². The Balaban J connectivity index is 1.91. The van der Waals surface area contributed by atoms with E-state index in [1.807, 2.05) is 0 Å². The standard InChI is InChI=1S/C11H15F3N4O2S/c12-11(13,14)9-3-4-10(18-17-9)16-8-2-1-7(5-8)6-21(15,19)20/h3-4,7-8H,1-2,5-6H2,(H,16,18)(H2,15,19,20)/t7-,8+/m1/s1. The van der Waals surface area contributed by atoms with E-state index >= 15 is 0 Å². The van der Waals surface area contributed by atoms with Gasteiger partial charge < -0.3 is 5.32 Å². The molecule has 118 valence electrons. The monoisotopic (exact) mass is 324 g/mol. The molecule has 0 unspecified atom stereocenters. The van der Waals surface area contributed by atoms with Crippen molar-refractivity contribution in [2.24, 2.45) is 11.1 Å². The van der Waals surface area contributed by atoms with Crippen molar-refractivity contribution in [1.29, 1.82) is 0 Å². The summed E-state index contributed by atoms with van der Waals surface area (Å²) in [5.74, 6) is 0.119. The fourth-order valence-electron chi connectivity index (χ4n) is 2.46. The van der Waals surface area contributed by atoms with Gasteiger partial charge in [0.15, 0.2) is 5.69 Å². The maximum absolute atomic E-state index is 12.3. The number of nitrogens with zero attached hydrogens (tertiary/aromatic N) is 2. The minimum Gasteiger partial charge on any atom is -0.366 e. The maximum atomic E-state index is 12.3. The van der Waals surface area contributed by atoms with Crippen molar-refractivity contribution in [1.82, 2.24) is 10.2 Å². The molecular formula is C11H15F3N4O2S. The van der Waals surface area contributed by atoms with E-state index in [9.17, 15) is 21.6 Å². The van der Waals surface area contributed by atoms with E-state index in [2.05, 4.69) is 15.5 Å². The fourth-order valence-corrected chi connectivity index (χ4v) is 3.42. The number of alkyl halides is 3. The molecule has 0 bridgehead atoms. The predicted octanol–water partition coefficient (Wildman–Crippen LogP) is 1.36. The van der Waals surface area contributed by atoms with Crippen molar-refractivity contribution in [3.05, 3.63) is 17.8 Å². The summed E-state index contributed by atoms with van der Waals surface area (Å²) in [5, 5.41) is 14.6. The molecule has 0 spiro atoms. The highest BCUT2D eigenvalue weighted by Gasteiger charge is 2.33. The maximum Gasteiger partial charge on any atom is 0.435 e. The molecule has 1 aromatic heterocycles. The summed E-state index contributed by atoms with van der Waals surface area (Å²) in [6.07, 6.45) is -2.52. The van der Waals surface area contributed by atoms with Crippen LogP contribution in [0, 0.1) is 5.92 Å². The molecule has 1 aromatic rings. The van der Waals surface area contributed by atoms with E-state index in [1.54, 1.807) is 0 Å². The van der Waals surface area contributed by atoms with Gasteiger partial charge in [0.05, 0.1) is 5.75 Å². The van der Waals surface area contributed by atoms with E-state index in [-0.39, 0.29) is 23.5 Å². The molecule has 1 heterocycles. The first-order valence-corrected chi connectivity index (χ1v) is 8.03. The Morgan fingerprint density at radius 3 is 2.52 bits per heavy atom. The number of halogens is 3.